The normalized spacial score (nSPS) is 23.2. The van der Waals surface area contributed by atoms with Gasteiger partial charge in [-0.3, -0.25) is 4.68 Å². The number of hydrogen-bond acceptors (Lipinski definition) is 3. The van der Waals surface area contributed by atoms with Crippen molar-refractivity contribution in [1.29, 1.82) is 0 Å². The molecule has 4 heteroatoms. The van der Waals surface area contributed by atoms with Gasteiger partial charge in [-0.05, 0) is 12.8 Å². The van der Waals surface area contributed by atoms with Crippen LogP contribution in [0.1, 0.15) is 42.7 Å². The number of nitrogens with one attached hydrogen (secondary N) is 1. The summed E-state index contributed by atoms with van der Waals surface area (Å²) in [6.45, 7) is 2.10. The molecule has 0 aromatic carbocycles. The van der Waals surface area contributed by atoms with Gasteiger partial charge in [-0.15, -0.1) is 0 Å². The molecule has 2 fully saturated rings. The summed E-state index contributed by atoms with van der Waals surface area (Å²) in [5.41, 5.74) is 0. The summed E-state index contributed by atoms with van der Waals surface area (Å²) in [5, 5.41) is 7.76. The molecule has 1 aliphatic heterocycles. The van der Waals surface area contributed by atoms with Gasteiger partial charge in [0.1, 0.15) is 5.82 Å². The Morgan fingerprint density at radius 3 is 2.57 bits per heavy atom. The Morgan fingerprint density at radius 1 is 1.29 bits per heavy atom. The first-order valence-electron chi connectivity index (χ1n) is 5.46. The number of hydrogen-bond donors (Lipinski definition) is 1. The third kappa shape index (κ3) is 1.17. The Labute approximate surface area is 83.7 Å². The Kier molecular flexibility index (Phi) is 1.83. The molecule has 0 amide bonds. The zero-order chi connectivity index (χ0) is 9.54. The van der Waals surface area contributed by atoms with Gasteiger partial charge in [0.15, 0.2) is 5.82 Å². The van der Waals surface area contributed by atoms with Crippen LogP contribution in [0.5, 0.6) is 0 Å². The maximum absolute atomic E-state index is 4.67. The highest BCUT2D eigenvalue weighted by Crippen LogP contribution is 2.35. The molecule has 0 radical (unpaired) electrons. The second-order valence-corrected chi connectivity index (χ2v) is 4.43. The van der Waals surface area contributed by atoms with Crippen molar-refractivity contribution in [3.05, 3.63) is 11.6 Å². The highest BCUT2D eigenvalue weighted by Gasteiger charge is 2.28. The first-order chi connectivity index (χ1) is 6.84. The zero-order valence-corrected chi connectivity index (χ0v) is 8.53. The summed E-state index contributed by atoms with van der Waals surface area (Å²) in [5.74, 6) is 3.51. The van der Waals surface area contributed by atoms with E-state index in [1.165, 1.54) is 25.1 Å². The molecule has 1 saturated carbocycles. The van der Waals surface area contributed by atoms with Gasteiger partial charge in [-0.1, -0.05) is 6.42 Å². The minimum absolute atomic E-state index is 0.565. The van der Waals surface area contributed by atoms with E-state index >= 15 is 0 Å². The molecule has 0 bridgehead atoms. The van der Waals surface area contributed by atoms with Crippen molar-refractivity contribution in [2.24, 2.45) is 7.05 Å². The molecule has 76 valence electrons. The van der Waals surface area contributed by atoms with Gasteiger partial charge in [0.2, 0.25) is 0 Å². The molecule has 1 aliphatic carbocycles. The van der Waals surface area contributed by atoms with Crippen molar-refractivity contribution < 1.29 is 0 Å². The predicted octanol–water partition coefficient (Wildman–Crippen LogP) is 0.769. The average molecular weight is 192 g/mol. The fourth-order valence-corrected chi connectivity index (χ4v) is 2.08. The van der Waals surface area contributed by atoms with Crippen molar-refractivity contribution in [3.8, 4) is 0 Å². The van der Waals surface area contributed by atoms with E-state index in [-0.39, 0.29) is 0 Å². The SMILES string of the molecule is Cn1nc(C2CNC2)nc1C1CCC1. The summed E-state index contributed by atoms with van der Waals surface area (Å²) in [7, 11) is 2.02. The molecule has 3 rings (SSSR count). The van der Waals surface area contributed by atoms with Crippen LogP contribution in [-0.2, 0) is 7.05 Å². The number of rotatable bonds is 2. The van der Waals surface area contributed by atoms with Crippen LogP contribution < -0.4 is 5.32 Å². The molecular weight excluding hydrogens is 176 g/mol. The Morgan fingerprint density at radius 2 is 2.07 bits per heavy atom. The van der Waals surface area contributed by atoms with E-state index in [1.54, 1.807) is 0 Å². The van der Waals surface area contributed by atoms with Gasteiger partial charge in [-0.25, -0.2) is 4.98 Å². The lowest BCUT2D eigenvalue weighted by molar-refractivity contribution is 0.388. The average Bonchev–Trinajstić information content (AvgIpc) is 2.25. The van der Waals surface area contributed by atoms with Crippen LogP contribution in [0.4, 0.5) is 0 Å². The monoisotopic (exact) mass is 192 g/mol. The van der Waals surface area contributed by atoms with Crippen molar-refractivity contribution in [1.82, 2.24) is 20.1 Å². The van der Waals surface area contributed by atoms with Crippen LogP contribution >= 0.6 is 0 Å². The van der Waals surface area contributed by atoms with Gasteiger partial charge < -0.3 is 5.32 Å². The van der Waals surface area contributed by atoms with Crippen LogP contribution in [0.25, 0.3) is 0 Å². The second kappa shape index (κ2) is 3.05. The summed E-state index contributed by atoms with van der Waals surface area (Å²) >= 11 is 0. The first kappa shape index (κ1) is 8.41. The van der Waals surface area contributed by atoms with Gasteiger partial charge >= 0.3 is 0 Å². The first-order valence-corrected chi connectivity index (χ1v) is 5.46. The predicted molar refractivity (Wildman–Crippen MR) is 53.2 cm³/mol. The Hall–Kier alpha value is -0.900. The molecule has 1 saturated heterocycles. The van der Waals surface area contributed by atoms with Crippen LogP contribution in [-0.4, -0.2) is 27.9 Å². The highest BCUT2D eigenvalue weighted by molar-refractivity contribution is 5.09. The smallest absolute Gasteiger partial charge is 0.156 e. The molecule has 2 heterocycles. The molecular formula is C10H16N4. The summed E-state index contributed by atoms with van der Waals surface area (Å²) in [4.78, 5) is 4.67. The maximum atomic E-state index is 4.67. The van der Waals surface area contributed by atoms with E-state index in [4.69, 9.17) is 0 Å². The molecule has 4 nitrogen and oxygen atoms in total. The second-order valence-electron chi connectivity index (χ2n) is 4.43. The van der Waals surface area contributed by atoms with E-state index in [0.717, 1.165) is 18.9 Å². The van der Waals surface area contributed by atoms with Gasteiger partial charge in [0.05, 0.1) is 0 Å². The number of aryl methyl sites for hydroxylation is 1. The van der Waals surface area contributed by atoms with E-state index in [1.807, 2.05) is 11.7 Å². The van der Waals surface area contributed by atoms with Crippen LogP contribution in [0.15, 0.2) is 0 Å². The Balaban J connectivity index is 1.84. The minimum Gasteiger partial charge on any atom is -0.315 e. The molecule has 0 unspecified atom stereocenters. The van der Waals surface area contributed by atoms with Crippen molar-refractivity contribution in [3.63, 3.8) is 0 Å². The van der Waals surface area contributed by atoms with E-state index in [2.05, 4.69) is 15.4 Å². The fraction of sp³-hybridized carbons (Fsp3) is 0.800. The van der Waals surface area contributed by atoms with Crippen molar-refractivity contribution >= 4 is 0 Å². The minimum atomic E-state index is 0.565. The van der Waals surface area contributed by atoms with Crippen molar-refractivity contribution in [2.45, 2.75) is 31.1 Å². The lowest BCUT2D eigenvalue weighted by atomic mass is 9.85. The van der Waals surface area contributed by atoms with Crippen LogP contribution in [0, 0.1) is 0 Å². The van der Waals surface area contributed by atoms with Crippen molar-refractivity contribution in [2.75, 3.05) is 13.1 Å². The van der Waals surface area contributed by atoms with Gasteiger partial charge in [0.25, 0.3) is 0 Å². The quantitative estimate of drug-likeness (QED) is 0.752. The topological polar surface area (TPSA) is 42.7 Å². The van der Waals surface area contributed by atoms with Gasteiger partial charge in [0, 0.05) is 32.0 Å². The molecule has 0 spiro atoms. The summed E-state index contributed by atoms with van der Waals surface area (Å²) < 4.78 is 1.98. The zero-order valence-electron chi connectivity index (χ0n) is 8.53. The number of aromatic nitrogens is 3. The molecule has 1 N–H and O–H groups in total. The number of nitrogens with zero attached hydrogens (tertiary/aromatic N) is 3. The van der Waals surface area contributed by atoms with Gasteiger partial charge in [-0.2, -0.15) is 5.10 Å². The third-order valence-corrected chi connectivity index (χ3v) is 3.43. The Bertz CT molecular complexity index is 336. The lowest BCUT2D eigenvalue weighted by Gasteiger charge is -2.24. The van der Waals surface area contributed by atoms with Crippen LogP contribution in [0.2, 0.25) is 0 Å². The summed E-state index contributed by atoms with van der Waals surface area (Å²) in [6, 6.07) is 0. The lowest BCUT2D eigenvalue weighted by Crippen LogP contribution is -2.40. The molecule has 14 heavy (non-hydrogen) atoms. The molecule has 1 aromatic rings. The maximum Gasteiger partial charge on any atom is 0.156 e. The largest absolute Gasteiger partial charge is 0.315 e. The van der Waals surface area contributed by atoms with E-state index in [9.17, 15) is 0 Å². The summed E-state index contributed by atoms with van der Waals surface area (Å²) in [6.07, 6.45) is 3.96. The standard InChI is InChI=1S/C10H16N4/c1-14-10(7-3-2-4-7)12-9(13-14)8-5-11-6-8/h7-8,11H,2-6H2,1H3. The fourth-order valence-electron chi connectivity index (χ4n) is 2.08. The molecule has 1 aromatic heterocycles. The third-order valence-electron chi connectivity index (χ3n) is 3.43. The van der Waals surface area contributed by atoms with Crippen LogP contribution in [0.3, 0.4) is 0 Å². The molecule has 0 atom stereocenters. The molecule has 2 aliphatic rings. The highest BCUT2D eigenvalue weighted by atomic mass is 15.3. The van der Waals surface area contributed by atoms with E-state index < -0.39 is 0 Å². The van der Waals surface area contributed by atoms with E-state index in [0.29, 0.717) is 11.8 Å².